The summed E-state index contributed by atoms with van der Waals surface area (Å²) in [7, 11) is 0. The Morgan fingerprint density at radius 1 is 0.391 bits per heavy atom. The Morgan fingerprint density at radius 3 is 1.39 bits per heavy atom. The van der Waals surface area contributed by atoms with Crippen LogP contribution in [-0.2, 0) is 0 Å². The molecule has 0 amide bonds. The van der Waals surface area contributed by atoms with E-state index in [0.29, 0.717) is 0 Å². The molecule has 216 valence electrons. The van der Waals surface area contributed by atoms with Crippen molar-refractivity contribution in [3.05, 3.63) is 169 Å². The van der Waals surface area contributed by atoms with Crippen molar-refractivity contribution in [1.29, 1.82) is 0 Å². The Balaban J connectivity index is 1.29. The summed E-state index contributed by atoms with van der Waals surface area (Å²) in [5.41, 5.74) is 9.92. The lowest BCUT2D eigenvalue weighted by Crippen LogP contribution is -1.95. The molecule has 1 nitrogen and oxygen atoms in total. The van der Waals surface area contributed by atoms with Gasteiger partial charge in [0.15, 0.2) is 0 Å². The summed E-state index contributed by atoms with van der Waals surface area (Å²) >= 11 is 0. The van der Waals surface area contributed by atoms with E-state index >= 15 is 0 Å². The maximum absolute atomic E-state index is 2.39. The van der Waals surface area contributed by atoms with Crippen molar-refractivity contribution in [2.24, 2.45) is 0 Å². The zero-order valence-electron chi connectivity index (χ0n) is 25.6. The molecule has 0 saturated heterocycles. The minimum absolute atomic E-state index is 1.17. The summed E-state index contributed by atoms with van der Waals surface area (Å²) < 4.78 is 2.39. The van der Waals surface area contributed by atoms with Crippen LogP contribution in [0.5, 0.6) is 0 Å². The molecule has 1 heterocycles. The number of aromatic nitrogens is 1. The first kappa shape index (κ1) is 26.5. The molecule has 46 heavy (non-hydrogen) atoms. The van der Waals surface area contributed by atoms with Gasteiger partial charge in [-0.3, -0.25) is 0 Å². The monoisotopic (exact) mass is 585 g/mol. The van der Waals surface area contributed by atoms with E-state index in [9.17, 15) is 0 Å². The Bertz CT molecular complexity index is 2520. The lowest BCUT2D eigenvalue weighted by atomic mass is 9.84. The molecule has 0 spiro atoms. The van der Waals surface area contributed by atoms with Crippen molar-refractivity contribution in [2.45, 2.75) is 6.92 Å². The van der Waals surface area contributed by atoms with Crippen molar-refractivity contribution in [3.63, 3.8) is 0 Å². The molecule has 1 aromatic heterocycles. The van der Waals surface area contributed by atoms with Gasteiger partial charge in [0.1, 0.15) is 0 Å². The quantitative estimate of drug-likeness (QED) is 0.181. The van der Waals surface area contributed by atoms with Crippen LogP contribution in [0, 0.1) is 0 Å². The molecule has 0 unspecified atom stereocenters. The second kappa shape index (κ2) is 10.6. The fraction of sp³-hybridized carbons (Fsp3) is 0.0222. The Kier molecular flexibility index (Phi) is 6.11. The van der Waals surface area contributed by atoms with E-state index in [2.05, 4.69) is 181 Å². The molecule has 0 aliphatic carbocycles. The number of nitrogens with zero attached hydrogens (tertiary/aromatic N) is 1. The van der Waals surface area contributed by atoms with E-state index in [1.807, 2.05) is 0 Å². The van der Waals surface area contributed by atoms with Crippen LogP contribution in [0.2, 0.25) is 0 Å². The Labute approximate surface area is 268 Å². The predicted octanol–water partition coefficient (Wildman–Crippen LogP) is 12.6. The van der Waals surface area contributed by atoms with Gasteiger partial charge in [-0.2, -0.15) is 0 Å². The third-order valence-corrected chi connectivity index (χ3v) is 9.50. The fourth-order valence-corrected chi connectivity index (χ4v) is 7.57. The molecule has 0 atom stereocenters. The van der Waals surface area contributed by atoms with Crippen LogP contribution in [0.15, 0.2) is 164 Å². The summed E-state index contributed by atoms with van der Waals surface area (Å²) in [6.45, 7) is 2.08. The summed E-state index contributed by atoms with van der Waals surface area (Å²) in [5.74, 6) is 0. The van der Waals surface area contributed by atoms with Crippen LogP contribution < -0.4 is 0 Å². The number of hydrogen-bond acceptors (Lipinski definition) is 0. The van der Waals surface area contributed by atoms with Gasteiger partial charge in [-0.05, 0) is 91.3 Å². The highest BCUT2D eigenvalue weighted by Gasteiger charge is 2.19. The van der Waals surface area contributed by atoms with Crippen LogP contribution >= 0.6 is 0 Å². The zero-order valence-corrected chi connectivity index (χ0v) is 25.6. The first-order valence-corrected chi connectivity index (χ1v) is 16.0. The molecule has 9 rings (SSSR count). The van der Waals surface area contributed by atoms with Gasteiger partial charge in [0.2, 0.25) is 0 Å². The first-order valence-electron chi connectivity index (χ1n) is 16.0. The van der Waals surface area contributed by atoms with Gasteiger partial charge in [0, 0.05) is 16.5 Å². The number of para-hydroxylation sites is 2. The molecule has 0 bridgehead atoms. The number of hydrogen-bond donors (Lipinski definition) is 0. The van der Waals surface area contributed by atoms with Gasteiger partial charge in [0.05, 0.1) is 11.0 Å². The molecule has 0 aliphatic rings. The highest BCUT2D eigenvalue weighted by atomic mass is 15.0. The van der Waals surface area contributed by atoms with Crippen molar-refractivity contribution in [3.8, 4) is 27.9 Å². The van der Waals surface area contributed by atoms with Crippen molar-refractivity contribution in [2.75, 3.05) is 0 Å². The summed E-state index contributed by atoms with van der Waals surface area (Å²) in [4.78, 5) is 0. The normalized spacial score (nSPS) is 11.9. The largest absolute Gasteiger partial charge is 0.309 e. The first-order chi connectivity index (χ1) is 22.8. The van der Waals surface area contributed by atoms with E-state index < -0.39 is 0 Å². The van der Waals surface area contributed by atoms with E-state index in [-0.39, 0.29) is 0 Å². The third-order valence-electron chi connectivity index (χ3n) is 9.50. The molecule has 9 aromatic rings. The average Bonchev–Trinajstić information content (AvgIpc) is 3.46. The average molecular weight is 586 g/mol. The van der Waals surface area contributed by atoms with Gasteiger partial charge in [-0.15, -0.1) is 0 Å². The van der Waals surface area contributed by atoms with Gasteiger partial charge < -0.3 is 4.57 Å². The Hall–Kier alpha value is -5.92. The highest BCUT2D eigenvalue weighted by molar-refractivity contribution is 6.23. The van der Waals surface area contributed by atoms with Gasteiger partial charge in [0.25, 0.3) is 0 Å². The lowest BCUT2D eigenvalue weighted by Gasteiger charge is -2.19. The fourth-order valence-electron chi connectivity index (χ4n) is 7.57. The topological polar surface area (TPSA) is 4.93 Å². The van der Waals surface area contributed by atoms with Crippen LogP contribution in [0.3, 0.4) is 0 Å². The maximum atomic E-state index is 2.39. The lowest BCUT2D eigenvalue weighted by molar-refractivity contribution is 1.18. The number of benzene rings is 8. The molecule has 0 N–H and O–H groups in total. The van der Waals surface area contributed by atoms with Gasteiger partial charge >= 0.3 is 0 Å². The zero-order chi connectivity index (χ0) is 30.6. The number of rotatable bonds is 4. The molecular formula is C45H31N. The second-order valence-electron chi connectivity index (χ2n) is 12.0. The predicted molar refractivity (Wildman–Crippen MR) is 199 cm³/mol. The van der Waals surface area contributed by atoms with Crippen LogP contribution in [0.1, 0.15) is 12.5 Å². The standard InChI is InChI=1S/C45H31N/c1-2-13-30-26-29-41(34-15-4-3-14-33(30)34)45-39-20-7-5-18-37(39)44(38-19-6-8-21-40(38)45)31-24-27-32(28-25-31)46-42-22-11-9-16-35(42)36-17-10-12-23-43(36)46/h2-29H,1H3. The maximum Gasteiger partial charge on any atom is 0.0541 e. The summed E-state index contributed by atoms with van der Waals surface area (Å²) in [6.07, 6.45) is 4.32. The smallest absolute Gasteiger partial charge is 0.0541 e. The van der Waals surface area contributed by atoms with E-state index in [1.165, 1.54) is 87.6 Å². The SMILES string of the molecule is CC=Cc1ccc(-c2c3ccccc3c(-c3ccc(-n4c5ccccc5c5ccccc54)cc3)c3ccccc23)c2ccccc12. The molecule has 0 radical (unpaired) electrons. The molecule has 8 aromatic carbocycles. The molecular weight excluding hydrogens is 555 g/mol. The van der Waals surface area contributed by atoms with E-state index in [0.717, 1.165) is 0 Å². The Morgan fingerprint density at radius 2 is 0.848 bits per heavy atom. The summed E-state index contributed by atoms with van der Waals surface area (Å²) in [5, 5.41) is 10.2. The highest BCUT2D eigenvalue weighted by Crippen LogP contribution is 2.46. The van der Waals surface area contributed by atoms with E-state index in [1.54, 1.807) is 0 Å². The molecule has 0 fully saturated rings. The van der Waals surface area contributed by atoms with Crippen molar-refractivity contribution < 1.29 is 0 Å². The van der Waals surface area contributed by atoms with Gasteiger partial charge in [-0.25, -0.2) is 0 Å². The third kappa shape index (κ3) is 3.95. The van der Waals surface area contributed by atoms with Crippen molar-refractivity contribution >= 4 is 60.2 Å². The molecule has 0 aliphatic heterocycles. The van der Waals surface area contributed by atoms with E-state index in [4.69, 9.17) is 0 Å². The minimum atomic E-state index is 1.17. The minimum Gasteiger partial charge on any atom is -0.309 e. The molecule has 1 heteroatoms. The van der Waals surface area contributed by atoms with Gasteiger partial charge in [-0.1, -0.05) is 146 Å². The number of fused-ring (bicyclic) bond motifs is 6. The molecule has 0 saturated carbocycles. The van der Waals surface area contributed by atoms with Crippen molar-refractivity contribution in [1.82, 2.24) is 4.57 Å². The van der Waals surface area contributed by atoms with Crippen LogP contribution in [-0.4, -0.2) is 4.57 Å². The van der Waals surface area contributed by atoms with Crippen LogP contribution in [0.25, 0.3) is 88.1 Å². The second-order valence-corrected chi connectivity index (χ2v) is 12.0. The summed E-state index contributed by atoms with van der Waals surface area (Å²) in [6, 6.07) is 57.8. The van der Waals surface area contributed by atoms with Crippen LogP contribution in [0.4, 0.5) is 0 Å². The number of allylic oxidation sites excluding steroid dienone is 1.